The van der Waals surface area contributed by atoms with E-state index in [1.807, 2.05) is 19.1 Å². The van der Waals surface area contributed by atoms with Crippen LogP contribution in [0.1, 0.15) is 32.5 Å². The van der Waals surface area contributed by atoms with Crippen LogP contribution in [0.3, 0.4) is 0 Å². The zero-order valence-corrected chi connectivity index (χ0v) is 13.5. The van der Waals surface area contributed by atoms with Crippen LogP contribution in [-0.4, -0.2) is 27.5 Å². The van der Waals surface area contributed by atoms with Crippen LogP contribution in [0.15, 0.2) is 24.3 Å². The Hall–Kier alpha value is -1.86. The zero-order chi connectivity index (χ0) is 15.5. The van der Waals surface area contributed by atoms with Crippen LogP contribution in [-0.2, 0) is 13.1 Å². The van der Waals surface area contributed by atoms with Gasteiger partial charge in [0, 0.05) is 6.54 Å². The van der Waals surface area contributed by atoms with Crippen LogP contribution in [0.5, 0.6) is 0 Å². The van der Waals surface area contributed by atoms with Gasteiger partial charge in [0.05, 0.1) is 29.6 Å². The number of aromatic nitrogens is 2. The maximum atomic E-state index is 9.15. The van der Waals surface area contributed by atoms with Crippen molar-refractivity contribution in [2.75, 3.05) is 13.1 Å². The van der Waals surface area contributed by atoms with Crippen LogP contribution < -0.4 is 0 Å². The molecule has 0 bridgehead atoms. The van der Waals surface area contributed by atoms with Gasteiger partial charge in [-0.3, -0.25) is 4.90 Å². The number of nitriles is 1. The van der Waals surface area contributed by atoms with Crippen LogP contribution in [0.2, 0.25) is 0 Å². The van der Waals surface area contributed by atoms with Crippen LogP contribution >= 0.6 is 0 Å². The molecule has 1 atom stereocenters. The summed E-state index contributed by atoms with van der Waals surface area (Å²) in [5.74, 6) is 1.93. The third kappa shape index (κ3) is 3.15. The molecule has 1 aliphatic rings. The summed E-state index contributed by atoms with van der Waals surface area (Å²) in [6.07, 6.45) is 2.55. The Balaban J connectivity index is 1.87. The van der Waals surface area contributed by atoms with Crippen molar-refractivity contribution < 1.29 is 0 Å². The van der Waals surface area contributed by atoms with Gasteiger partial charge >= 0.3 is 0 Å². The Morgan fingerprint density at radius 1 is 1.32 bits per heavy atom. The summed E-state index contributed by atoms with van der Waals surface area (Å²) >= 11 is 0. The Labute approximate surface area is 132 Å². The van der Waals surface area contributed by atoms with Gasteiger partial charge in [-0.2, -0.15) is 5.26 Å². The molecular formula is C18H24N4. The monoisotopic (exact) mass is 296 g/mol. The third-order valence-electron chi connectivity index (χ3n) is 4.65. The summed E-state index contributed by atoms with van der Waals surface area (Å²) < 4.78 is 2.24. The molecule has 1 aromatic heterocycles. The van der Waals surface area contributed by atoms with Gasteiger partial charge in [0.25, 0.3) is 0 Å². The van der Waals surface area contributed by atoms with E-state index in [0.717, 1.165) is 49.0 Å². The summed E-state index contributed by atoms with van der Waals surface area (Å²) in [4.78, 5) is 7.32. The molecule has 1 unspecified atom stereocenters. The first-order valence-corrected chi connectivity index (χ1v) is 8.23. The van der Waals surface area contributed by atoms with Gasteiger partial charge in [0.2, 0.25) is 0 Å². The van der Waals surface area contributed by atoms with Gasteiger partial charge in [-0.25, -0.2) is 4.98 Å². The maximum Gasteiger partial charge on any atom is 0.124 e. The number of rotatable bonds is 4. The molecule has 1 aromatic carbocycles. The fraction of sp³-hybridized carbons (Fsp3) is 0.556. The molecule has 0 saturated carbocycles. The number of fused-ring (bicyclic) bond motifs is 1. The molecule has 0 aliphatic carbocycles. The average Bonchev–Trinajstić information content (AvgIpc) is 2.87. The fourth-order valence-electron chi connectivity index (χ4n) is 3.18. The summed E-state index contributed by atoms with van der Waals surface area (Å²) in [7, 11) is 0. The molecule has 0 amide bonds. The molecule has 2 aromatic rings. The van der Waals surface area contributed by atoms with E-state index in [4.69, 9.17) is 10.2 Å². The van der Waals surface area contributed by atoms with Crippen molar-refractivity contribution in [2.24, 2.45) is 11.8 Å². The first-order valence-electron chi connectivity index (χ1n) is 8.23. The number of likely N-dealkylation sites (tertiary alicyclic amines) is 1. The van der Waals surface area contributed by atoms with E-state index in [1.165, 1.54) is 12.8 Å². The average molecular weight is 296 g/mol. The predicted octanol–water partition coefficient (Wildman–Crippen LogP) is 3.43. The summed E-state index contributed by atoms with van der Waals surface area (Å²) in [6.45, 7) is 8.22. The van der Waals surface area contributed by atoms with E-state index in [9.17, 15) is 0 Å². The lowest BCUT2D eigenvalue weighted by molar-refractivity contribution is 0.179. The van der Waals surface area contributed by atoms with Crippen molar-refractivity contribution in [1.82, 2.24) is 14.5 Å². The van der Waals surface area contributed by atoms with Crippen molar-refractivity contribution in [2.45, 2.75) is 39.8 Å². The summed E-state index contributed by atoms with van der Waals surface area (Å²) in [6, 6.07) is 10.6. The second-order valence-electron chi connectivity index (χ2n) is 6.62. The topological polar surface area (TPSA) is 44.9 Å². The molecule has 0 spiro atoms. The highest BCUT2D eigenvalue weighted by molar-refractivity contribution is 5.75. The highest BCUT2D eigenvalue weighted by atomic mass is 15.2. The van der Waals surface area contributed by atoms with Crippen molar-refractivity contribution in [1.29, 1.82) is 5.26 Å². The molecule has 0 radical (unpaired) electrons. The molecule has 1 saturated heterocycles. The van der Waals surface area contributed by atoms with Crippen LogP contribution in [0, 0.1) is 23.2 Å². The molecule has 1 fully saturated rings. The lowest BCUT2D eigenvalue weighted by Crippen LogP contribution is -2.33. The third-order valence-corrected chi connectivity index (χ3v) is 4.65. The second-order valence-corrected chi connectivity index (χ2v) is 6.62. The van der Waals surface area contributed by atoms with Crippen molar-refractivity contribution in [3.05, 3.63) is 30.1 Å². The van der Waals surface area contributed by atoms with E-state index >= 15 is 0 Å². The SMILES string of the molecule is CC(C#N)Cn1c(CN2CCC(C)CC2)nc2ccccc21. The van der Waals surface area contributed by atoms with E-state index in [1.54, 1.807) is 0 Å². The molecule has 0 N–H and O–H groups in total. The lowest BCUT2D eigenvalue weighted by atomic mass is 9.99. The minimum atomic E-state index is -0.00210. The maximum absolute atomic E-state index is 9.15. The molecule has 2 heterocycles. The standard InChI is InChI=1S/C18H24N4/c1-14-7-9-21(10-8-14)13-18-20-16-5-3-4-6-17(16)22(18)12-15(2)11-19/h3-6,14-15H,7-10,12-13H2,1-2H3. The van der Waals surface area contributed by atoms with Crippen molar-refractivity contribution in [3.63, 3.8) is 0 Å². The summed E-state index contributed by atoms with van der Waals surface area (Å²) in [5.41, 5.74) is 2.18. The minimum Gasteiger partial charge on any atom is -0.326 e. The molecule has 1 aliphatic heterocycles. The number of imidazole rings is 1. The zero-order valence-electron chi connectivity index (χ0n) is 13.5. The van der Waals surface area contributed by atoms with Gasteiger partial charge in [-0.15, -0.1) is 0 Å². The van der Waals surface area contributed by atoms with Gasteiger partial charge in [-0.1, -0.05) is 19.1 Å². The number of nitrogens with zero attached hydrogens (tertiary/aromatic N) is 4. The molecule has 3 rings (SSSR count). The van der Waals surface area contributed by atoms with E-state index < -0.39 is 0 Å². The molecule has 22 heavy (non-hydrogen) atoms. The minimum absolute atomic E-state index is 0.00210. The highest BCUT2D eigenvalue weighted by Crippen LogP contribution is 2.22. The molecule has 4 nitrogen and oxygen atoms in total. The summed E-state index contributed by atoms with van der Waals surface area (Å²) in [5, 5.41) is 9.15. The Morgan fingerprint density at radius 2 is 2.05 bits per heavy atom. The van der Waals surface area contributed by atoms with Crippen molar-refractivity contribution >= 4 is 11.0 Å². The Morgan fingerprint density at radius 3 is 2.77 bits per heavy atom. The van der Waals surface area contributed by atoms with Crippen LogP contribution in [0.25, 0.3) is 11.0 Å². The van der Waals surface area contributed by atoms with Crippen molar-refractivity contribution in [3.8, 4) is 6.07 Å². The largest absolute Gasteiger partial charge is 0.326 e. The van der Waals surface area contributed by atoms with Gasteiger partial charge in [0.15, 0.2) is 0 Å². The Bertz CT molecular complexity index is 674. The molecule has 4 heteroatoms. The number of hydrogen-bond acceptors (Lipinski definition) is 3. The van der Waals surface area contributed by atoms with Gasteiger partial charge in [-0.05, 0) is 50.9 Å². The number of benzene rings is 1. The van der Waals surface area contributed by atoms with Crippen LogP contribution in [0.4, 0.5) is 0 Å². The first kappa shape index (κ1) is 15.1. The van der Waals surface area contributed by atoms with E-state index in [-0.39, 0.29) is 5.92 Å². The fourth-order valence-corrected chi connectivity index (χ4v) is 3.18. The number of piperidine rings is 1. The number of para-hydroxylation sites is 2. The number of hydrogen-bond donors (Lipinski definition) is 0. The normalized spacial score (nSPS) is 18.4. The Kier molecular flexibility index (Phi) is 4.44. The predicted molar refractivity (Wildman–Crippen MR) is 88.2 cm³/mol. The van der Waals surface area contributed by atoms with E-state index in [2.05, 4.69) is 34.6 Å². The molecule has 116 valence electrons. The lowest BCUT2D eigenvalue weighted by Gasteiger charge is -2.30. The first-order chi connectivity index (χ1) is 10.7. The second kappa shape index (κ2) is 6.50. The smallest absolute Gasteiger partial charge is 0.124 e. The quantitative estimate of drug-likeness (QED) is 0.868. The highest BCUT2D eigenvalue weighted by Gasteiger charge is 2.19. The molecular weight excluding hydrogens is 272 g/mol. The van der Waals surface area contributed by atoms with E-state index in [0.29, 0.717) is 0 Å². The van der Waals surface area contributed by atoms with Gasteiger partial charge < -0.3 is 4.57 Å². The van der Waals surface area contributed by atoms with Gasteiger partial charge in [0.1, 0.15) is 5.82 Å².